The van der Waals surface area contributed by atoms with Crippen molar-refractivity contribution >= 4 is 11.8 Å². The Balaban J connectivity index is 1.87. The number of hydrogen-bond acceptors (Lipinski definition) is 5. The van der Waals surface area contributed by atoms with Crippen molar-refractivity contribution in [3.8, 4) is 0 Å². The van der Waals surface area contributed by atoms with Gasteiger partial charge >= 0.3 is 5.97 Å². The van der Waals surface area contributed by atoms with Gasteiger partial charge in [-0.1, -0.05) is 42.5 Å². The van der Waals surface area contributed by atoms with Gasteiger partial charge in [0.2, 0.25) is 0 Å². The summed E-state index contributed by atoms with van der Waals surface area (Å²) in [4.78, 5) is 30.2. The molecule has 142 valence electrons. The van der Waals surface area contributed by atoms with E-state index in [-0.39, 0.29) is 12.4 Å². The molecule has 27 heavy (non-hydrogen) atoms. The molecule has 0 unspecified atom stereocenters. The molecule has 3 rings (SSSR count). The number of benzene rings is 2. The first kappa shape index (κ1) is 19.3. The SMILES string of the molecule is CCOC(=O)c1ccccc1C(=O)c1ccccc1CN1CCN(C)CC1. The summed E-state index contributed by atoms with van der Waals surface area (Å²) in [7, 11) is 2.13. The molecule has 0 aromatic heterocycles. The number of likely N-dealkylation sites (N-methyl/N-ethyl adjacent to an activating group) is 1. The quantitative estimate of drug-likeness (QED) is 0.581. The molecule has 0 N–H and O–H groups in total. The summed E-state index contributed by atoms with van der Waals surface area (Å²) in [5.41, 5.74) is 2.35. The van der Waals surface area contributed by atoms with Crippen molar-refractivity contribution in [3.05, 3.63) is 70.8 Å². The lowest BCUT2D eigenvalue weighted by Crippen LogP contribution is -2.44. The molecule has 1 heterocycles. The molecule has 0 saturated carbocycles. The lowest BCUT2D eigenvalue weighted by molar-refractivity contribution is 0.0523. The van der Waals surface area contributed by atoms with Crippen LogP contribution in [-0.4, -0.2) is 61.4 Å². The second-order valence-electron chi connectivity index (χ2n) is 6.83. The fourth-order valence-corrected chi connectivity index (χ4v) is 3.34. The molecule has 0 bridgehead atoms. The second-order valence-corrected chi connectivity index (χ2v) is 6.83. The Morgan fingerprint density at radius 3 is 2.15 bits per heavy atom. The van der Waals surface area contributed by atoms with Crippen molar-refractivity contribution < 1.29 is 14.3 Å². The Morgan fingerprint density at radius 1 is 0.889 bits per heavy atom. The molecule has 5 heteroatoms. The molecule has 1 aliphatic heterocycles. The number of carbonyl (C=O) groups excluding carboxylic acids is 2. The summed E-state index contributed by atoms with van der Waals surface area (Å²) < 4.78 is 5.11. The maximum atomic E-state index is 13.3. The van der Waals surface area contributed by atoms with Crippen LogP contribution < -0.4 is 0 Å². The van der Waals surface area contributed by atoms with E-state index in [4.69, 9.17) is 4.74 Å². The van der Waals surface area contributed by atoms with Gasteiger partial charge in [0.05, 0.1) is 12.2 Å². The van der Waals surface area contributed by atoms with E-state index in [1.807, 2.05) is 24.3 Å². The zero-order valence-corrected chi connectivity index (χ0v) is 16.0. The summed E-state index contributed by atoms with van der Waals surface area (Å²) >= 11 is 0. The Bertz CT molecular complexity index is 811. The number of nitrogens with zero attached hydrogens (tertiary/aromatic N) is 2. The number of hydrogen-bond donors (Lipinski definition) is 0. The van der Waals surface area contributed by atoms with Crippen LogP contribution in [0.1, 0.15) is 38.8 Å². The van der Waals surface area contributed by atoms with E-state index >= 15 is 0 Å². The third-order valence-electron chi connectivity index (χ3n) is 4.92. The first-order valence-corrected chi connectivity index (χ1v) is 9.39. The van der Waals surface area contributed by atoms with Gasteiger partial charge in [-0.2, -0.15) is 0 Å². The maximum absolute atomic E-state index is 13.3. The van der Waals surface area contributed by atoms with Gasteiger partial charge in [-0.05, 0) is 25.6 Å². The van der Waals surface area contributed by atoms with E-state index < -0.39 is 5.97 Å². The highest BCUT2D eigenvalue weighted by Crippen LogP contribution is 2.20. The van der Waals surface area contributed by atoms with Crippen molar-refractivity contribution in [1.29, 1.82) is 0 Å². The molecule has 2 aromatic carbocycles. The van der Waals surface area contributed by atoms with E-state index in [9.17, 15) is 9.59 Å². The van der Waals surface area contributed by atoms with Crippen LogP contribution in [0, 0.1) is 0 Å². The minimum atomic E-state index is -0.460. The van der Waals surface area contributed by atoms with Crippen LogP contribution in [0.4, 0.5) is 0 Å². The van der Waals surface area contributed by atoms with E-state index in [1.165, 1.54) is 0 Å². The predicted octanol–water partition coefficient (Wildman–Crippen LogP) is 2.84. The molecular weight excluding hydrogens is 340 g/mol. The molecule has 1 aliphatic rings. The largest absolute Gasteiger partial charge is 0.462 e. The zero-order valence-electron chi connectivity index (χ0n) is 16.0. The second kappa shape index (κ2) is 8.93. The number of carbonyl (C=O) groups is 2. The average molecular weight is 366 g/mol. The monoisotopic (exact) mass is 366 g/mol. The minimum Gasteiger partial charge on any atom is -0.462 e. The first-order chi connectivity index (χ1) is 13.1. The fraction of sp³-hybridized carbons (Fsp3) is 0.364. The summed E-state index contributed by atoms with van der Waals surface area (Å²) in [6.07, 6.45) is 0. The van der Waals surface area contributed by atoms with Crippen LogP contribution in [0.25, 0.3) is 0 Å². The van der Waals surface area contributed by atoms with Crippen LogP contribution >= 0.6 is 0 Å². The highest BCUT2D eigenvalue weighted by atomic mass is 16.5. The summed E-state index contributed by atoms with van der Waals surface area (Å²) in [6.45, 7) is 6.80. The maximum Gasteiger partial charge on any atom is 0.338 e. The van der Waals surface area contributed by atoms with Crippen molar-refractivity contribution in [2.24, 2.45) is 0 Å². The topological polar surface area (TPSA) is 49.9 Å². The Hall–Kier alpha value is -2.50. The van der Waals surface area contributed by atoms with Gasteiger partial charge in [0, 0.05) is 43.9 Å². The molecule has 1 saturated heterocycles. The Morgan fingerprint density at radius 2 is 1.48 bits per heavy atom. The molecule has 1 fully saturated rings. The van der Waals surface area contributed by atoms with Gasteiger partial charge in [-0.15, -0.1) is 0 Å². The van der Waals surface area contributed by atoms with E-state index in [1.54, 1.807) is 31.2 Å². The van der Waals surface area contributed by atoms with Gasteiger partial charge in [-0.3, -0.25) is 9.69 Å². The molecule has 0 radical (unpaired) electrons. The summed E-state index contributed by atoms with van der Waals surface area (Å²) in [5, 5.41) is 0. The van der Waals surface area contributed by atoms with Crippen molar-refractivity contribution in [1.82, 2.24) is 9.80 Å². The van der Waals surface area contributed by atoms with E-state index in [0.717, 1.165) is 38.3 Å². The smallest absolute Gasteiger partial charge is 0.338 e. The van der Waals surface area contributed by atoms with Crippen LogP contribution in [-0.2, 0) is 11.3 Å². The lowest BCUT2D eigenvalue weighted by atomic mass is 9.94. The van der Waals surface area contributed by atoms with Gasteiger partial charge in [0.15, 0.2) is 5.78 Å². The number of piperazine rings is 1. The third-order valence-corrected chi connectivity index (χ3v) is 4.92. The number of esters is 1. The number of rotatable bonds is 6. The fourth-order valence-electron chi connectivity index (χ4n) is 3.34. The Labute approximate surface area is 160 Å². The Kier molecular flexibility index (Phi) is 6.37. The average Bonchev–Trinajstić information content (AvgIpc) is 2.70. The van der Waals surface area contributed by atoms with Gasteiger partial charge < -0.3 is 9.64 Å². The lowest BCUT2D eigenvalue weighted by Gasteiger charge is -2.32. The molecule has 2 aromatic rings. The highest BCUT2D eigenvalue weighted by molar-refractivity contribution is 6.15. The normalized spacial score (nSPS) is 15.5. The first-order valence-electron chi connectivity index (χ1n) is 9.39. The van der Waals surface area contributed by atoms with Gasteiger partial charge in [0.1, 0.15) is 0 Å². The van der Waals surface area contributed by atoms with Crippen LogP contribution in [0.2, 0.25) is 0 Å². The molecule has 0 atom stereocenters. The molecule has 0 aliphatic carbocycles. The predicted molar refractivity (Wildman–Crippen MR) is 105 cm³/mol. The molecular formula is C22H26N2O3. The molecule has 5 nitrogen and oxygen atoms in total. The van der Waals surface area contributed by atoms with E-state index in [2.05, 4.69) is 16.8 Å². The van der Waals surface area contributed by atoms with Gasteiger partial charge in [0.25, 0.3) is 0 Å². The minimum absolute atomic E-state index is 0.136. The molecule has 0 amide bonds. The van der Waals surface area contributed by atoms with Crippen LogP contribution in [0.15, 0.2) is 48.5 Å². The van der Waals surface area contributed by atoms with Crippen LogP contribution in [0.3, 0.4) is 0 Å². The zero-order chi connectivity index (χ0) is 19.2. The highest BCUT2D eigenvalue weighted by Gasteiger charge is 2.22. The standard InChI is InChI=1S/C22H26N2O3/c1-3-27-22(26)20-11-7-6-10-19(20)21(25)18-9-5-4-8-17(18)16-24-14-12-23(2)13-15-24/h4-11H,3,12-16H2,1-2H3. The molecule has 0 spiro atoms. The van der Waals surface area contributed by atoms with Crippen LogP contribution in [0.5, 0.6) is 0 Å². The number of ketones is 1. The number of ether oxygens (including phenoxy) is 1. The third kappa shape index (κ3) is 4.62. The van der Waals surface area contributed by atoms with Gasteiger partial charge in [-0.25, -0.2) is 4.79 Å². The van der Waals surface area contributed by atoms with E-state index in [0.29, 0.717) is 16.7 Å². The van der Waals surface area contributed by atoms with Crippen molar-refractivity contribution in [3.63, 3.8) is 0 Å². The van der Waals surface area contributed by atoms with Crippen molar-refractivity contribution in [2.45, 2.75) is 13.5 Å². The van der Waals surface area contributed by atoms with Crippen molar-refractivity contribution in [2.75, 3.05) is 39.8 Å². The summed E-state index contributed by atoms with van der Waals surface area (Å²) in [6, 6.07) is 14.5. The summed E-state index contributed by atoms with van der Waals surface area (Å²) in [5.74, 6) is -0.596.